The summed E-state index contributed by atoms with van der Waals surface area (Å²) in [7, 11) is 1.45. The van der Waals surface area contributed by atoms with Crippen molar-refractivity contribution in [1.29, 1.82) is 0 Å². The van der Waals surface area contributed by atoms with Crippen LogP contribution >= 0.6 is 11.3 Å². The number of imidazole rings is 1. The Morgan fingerprint density at radius 1 is 1.12 bits per heavy atom. The van der Waals surface area contributed by atoms with Crippen LogP contribution in [0.1, 0.15) is 32.7 Å². The smallest absolute Gasteiger partial charge is 0.194 e. The molecule has 0 fully saturated rings. The summed E-state index contributed by atoms with van der Waals surface area (Å²) in [5.74, 6) is 0.0827. The summed E-state index contributed by atoms with van der Waals surface area (Å²) < 4.78 is 7.20. The molecule has 7 nitrogen and oxygen atoms in total. The number of ketones is 1. The van der Waals surface area contributed by atoms with E-state index in [2.05, 4.69) is 0 Å². The molecule has 0 saturated heterocycles. The van der Waals surface area contributed by atoms with E-state index in [0.717, 1.165) is 27.5 Å². The highest BCUT2D eigenvalue weighted by Crippen LogP contribution is 2.29. The lowest BCUT2D eigenvalue weighted by atomic mass is 10.0. The Morgan fingerprint density at radius 2 is 1.91 bits per heavy atom. The van der Waals surface area contributed by atoms with Crippen LogP contribution < -0.4 is 4.74 Å². The number of benzene rings is 2. The number of thiazole rings is 1. The van der Waals surface area contributed by atoms with Crippen LogP contribution in [-0.2, 0) is 19.8 Å². The van der Waals surface area contributed by atoms with E-state index < -0.39 is 0 Å². The Balaban J connectivity index is 1.72. The summed E-state index contributed by atoms with van der Waals surface area (Å²) in [6.45, 7) is -0.648. The molecule has 0 amide bonds. The normalized spacial score (nSPS) is 11.5. The molecule has 0 aliphatic heterocycles. The number of aliphatic hydroxyl groups excluding tert-OH is 3. The molecule has 3 N–H and O–H groups in total. The number of carbonyl (C=O) groups is 1. The zero-order valence-electron chi connectivity index (χ0n) is 17.4. The van der Waals surface area contributed by atoms with Gasteiger partial charge in [0.2, 0.25) is 0 Å². The molecule has 0 spiro atoms. The molecule has 0 bridgehead atoms. The minimum absolute atomic E-state index is 0.0335. The quantitative estimate of drug-likeness (QED) is 0.281. The number of methoxy groups -OCH3 is 1. The minimum atomic E-state index is -0.316. The molecule has 0 saturated carbocycles. The van der Waals surface area contributed by atoms with E-state index in [0.29, 0.717) is 22.4 Å². The number of aliphatic hydroxyl groups is 3. The third kappa shape index (κ3) is 4.09. The fraction of sp³-hybridized carbons (Fsp3) is 0.167. The van der Waals surface area contributed by atoms with E-state index in [4.69, 9.17) is 9.72 Å². The number of hydrogen-bond donors (Lipinski definition) is 3. The second-order valence-electron chi connectivity index (χ2n) is 7.09. The first-order valence-electron chi connectivity index (χ1n) is 9.89. The average molecular weight is 451 g/mol. The van der Waals surface area contributed by atoms with E-state index in [1.54, 1.807) is 18.2 Å². The maximum Gasteiger partial charge on any atom is 0.194 e. The summed E-state index contributed by atoms with van der Waals surface area (Å²) in [5.41, 5.74) is 4.42. The molecular formula is C24H22N2O5S. The van der Waals surface area contributed by atoms with Gasteiger partial charge in [-0.15, -0.1) is 11.3 Å². The second-order valence-corrected chi connectivity index (χ2v) is 7.96. The van der Waals surface area contributed by atoms with Gasteiger partial charge in [-0.2, -0.15) is 0 Å². The maximum atomic E-state index is 12.9. The van der Waals surface area contributed by atoms with E-state index >= 15 is 0 Å². The van der Waals surface area contributed by atoms with Crippen molar-refractivity contribution in [3.63, 3.8) is 0 Å². The van der Waals surface area contributed by atoms with Gasteiger partial charge in [0.15, 0.2) is 10.7 Å². The Morgan fingerprint density at radius 3 is 2.56 bits per heavy atom. The third-order valence-electron chi connectivity index (χ3n) is 5.24. The van der Waals surface area contributed by atoms with Crippen LogP contribution in [0.15, 0.2) is 54.1 Å². The van der Waals surface area contributed by atoms with Gasteiger partial charge in [-0.1, -0.05) is 24.3 Å². The van der Waals surface area contributed by atoms with Crippen molar-refractivity contribution in [2.24, 2.45) is 0 Å². The lowest BCUT2D eigenvalue weighted by Crippen LogP contribution is -2.04. The molecule has 4 rings (SSSR count). The SMILES string of the molecule is COc1cc(C(=O)/C=C/c2c(-c3ccc(CO)cc3)nc3sccn23)cc(CO)c1CO. The van der Waals surface area contributed by atoms with Crippen molar-refractivity contribution in [2.75, 3.05) is 7.11 Å². The Bertz CT molecular complexity index is 1260. The zero-order valence-corrected chi connectivity index (χ0v) is 18.2. The van der Waals surface area contributed by atoms with Crippen molar-refractivity contribution in [2.45, 2.75) is 19.8 Å². The molecule has 0 aliphatic carbocycles. The van der Waals surface area contributed by atoms with Crippen LogP contribution in [0, 0.1) is 0 Å². The Labute approximate surface area is 188 Å². The standard InChI is InChI=1S/C24H22N2O5S/c1-31-22-11-17(10-18(13-28)19(22)14-29)21(30)7-6-20-23(25-24-26(20)8-9-32-24)16-4-2-15(12-27)3-5-16/h2-11,27-29H,12-14H2,1H3/b7-6+. The molecule has 2 aromatic heterocycles. The number of hydrogen-bond acceptors (Lipinski definition) is 7. The number of allylic oxidation sites excluding steroid dienone is 1. The number of rotatable bonds is 8. The van der Waals surface area contributed by atoms with Gasteiger partial charge < -0.3 is 20.1 Å². The number of carbonyl (C=O) groups excluding carboxylic acids is 1. The molecule has 2 heterocycles. The van der Waals surface area contributed by atoms with E-state index in [1.165, 1.54) is 24.5 Å². The first-order valence-corrected chi connectivity index (χ1v) is 10.8. The van der Waals surface area contributed by atoms with Crippen molar-refractivity contribution in [3.8, 4) is 17.0 Å². The number of ether oxygens (including phenoxy) is 1. The van der Waals surface area contributed by atoms with Crippen molar-refractivity contribution >= 4 is 28.2 Å². The van der Waals surface area contributed by atoms with Crippen LogP contribution in [-0.4, -0.2) is 37.6 Å². The topological polar surface area (TPSA) is 104 Å². The van der Waals surface area contributed by atoms with Crippen molar-refractivity contribution in [3.05, 3.63) is 82.0 Å². The first kappa shape index (κ1) is 21.9. The highest BCUT2D eigenvalue weighted by atomic mass is 32.1. The molecule has 8 heteroatoms. The van der Waals surface area contributed by atoms with Crippen molar-refractivity contribution < 1.29 is 24.9 Å². The maximum absolute atomic E-state index is 12.9. The van der Waals surface area contributed by atoms with Crippen molar-refractivity contribution in [1.82, 2.24) is 9.38 Å². The minimum Gasteiger partial charge on any atom is -0.496 e. The lowest BCUT2D eigenvalue weighted by molar-refractivity contribution is 0.104. The largest absolute Gasteiger partial charge is 0.496 e. The molecular weight excluding hydrogens is 428 g/mol. The van der Waals surface area contributed by atoms with Crippen LogP contribution in [0.2, 0.25) is 0 Å². The van der Waals surface area contributed by atoms with Gasteiger partial charge in [0, 0.05) is 28.3 Å². The molecule has 0 unspecified atom stereocenters. The predicted octanol–water partition coefficient (Wildman–Crippen LogP) is 3.44. The van der Waals surface area contributed by atoms with Gasteiger partial charge in [0.05, 0.1) is 38.3 Å². The summed E-state index contributed by atoms with van der Waals surface area (Å²) in [4.78, 5) is 18.4. The average Bonchev–Trinajstić information content (AvgIpc) is 3.43. The van der Waals surface area contributed by atoms with Crippen LogP contribution in [0.3, 0.4) is 0 Å². The summed E-state index contributed by atoms with van der Waals surface area (Å²) in [6, 6.07) is 10.6. The fourth-order valence-corrected chi connectivity index (χ4v) is 4.26. The molecule has 2 aromatic carbocycles. The first-order chi connectivity index (χ1) is 15.6. The molecule has 0 atom stereocenters. The third-order valence-corrected chi connectivity index (χ3v) is 5.99. The Kier molecular flexibility index (Phi) is 6.48. The molecule has 164 valence electrons. The summed E-state index contributed by atoms with van der Waals surface area (Å²) in [6.07, 6.45) is 5.07. The van der Waals surface area contributed by atoms with E-state index in [1.807, 2.05) is 40.2 Å². The van der Waals surface area contributed by atoms with Crippen LogP contribution in [0.25, 0.3) is 22.3 Å². The zero-order chi connectivity index (χ0) is 22.7. The molecule has 0 radical (unpaired) electrons. The van der Waals surface area contributed by atoms with E-state index in [9.17, 15) is 20.1 Å². The van der Waals surface area contributed by atoms with Gasteiger partial charge in [0.1, 0.15) is 5.75 Å². The molecule has 0 aliphatic rings. The van der Waals surface area contributed by atoms with Gasteiger partial charge in [-0.25, -0.2) is 4.98 Å². The van der Waals surface area contributed by atoms with Gasteiger partial charge in [-0.3, -0.25) is 9.20 Å². The van der Waals surface area contributed by atoms with Gasteiger partial charge in [-0.05, 0) is 35.4 Å². The highest BCUT2D eigenvalue weighted by molar-refractivity contribution is 7.15. The second kappa shape index (κ2) is 9.46. The monoisotopic (exact) mass is 450 g/mol. The van der Waals surface area contributed by atoms with Gasteiger partial charge >= 0.3 is 0 Å². The number of nitrogens with zero attached hydrogens (tertiary/aromatic N) is 2. The highest BCUT2D eigenvalue weighted by Gasteiger charge is 2.16. The van der Waals surface area contributed by atoms with E-state index in [-0.39, 0.29) is 25.6 Å². The number of fused-ring (bicyclic) bond motifs is 1. The summed E-state index contributed by atoms with van der Waals surface area (Å²) in [5, 5.41) is 30.4. The summed E-state index contributed by atoms with van der Waals surface area (Å²) >= 11 is 1.49. The van der Waals surface area contributed by atoms with Crippen LogP contribution in [0.5, 0.6) is 5.75 Å². The molecule has 4 aromatic rings. The van der Waals surface area contributed by atoms with Crippen LogP contribution in [0.4, 0.5) is 0 Å². The fourth-order valence-electron chi connectivity index (χ4n) is 3.54. The lowest BCUT2D eigenvalue weighted by Gasteiger charge is -2.12. The molecule has 32 heavy (non-hydrogen) atoms. The number of aromatic nitrogens is 2. The van der Waals surface area contributed by atoms with Gasteiger partial charge in [0.25, 0.3) is 0 Å². The Hall–Kier alpha value is -3.30. The predicted molar refractivity (Wildman–Crippen MR) is 123 cm³/mol.